The number of hydrogen-bond donors (Lipinski definition) is 0. The average Bonchev–Trinajstić information content (AvgIpc) is 1.52. The predicted molar refractivity (Wildman–Crippen MR) is 295 cm³/mol. The Morgan fingerprint density at radius 1 is 0.290 bits per heavy atom. The van der Waals surface area contributed by atoms with Crippen LogP contribution >= 0.6 is 0 Å². The lowest BCUT2D eigenvalue weighted by Crippen LogP contribution is -2.74. The van der Waals surface area contributed by atoms with Gasteiger partial charge >= 0.3 is 0 Å². The number of aromatic nitrogens is 2. The molecule has 69 heavy (non-hydrogen) atoms. The molecule has 0 unspecified atom stereocenters. The monoisotopic (exact) mass is 909 g/mol. The molecule has 2 heterocycles. The standard InChI is InChI=1S/C66H46N2Si/c1-7-23-47(24-8-1)50-43-58(48-25-9-2-10-26-48)66(59(44-50)49-27-11-3-12-28-49)68-63-38-22-20-35-56(63)60-45-51(39-41-65(60)68)67-62-37-21-19-36-57(62)61-46-55(40-42-64(61)67)69(52-29-13-4-14-30-52,53-31-15-5-16-32-53)54-33-17-6-18-34-54/h1-46H/i1D,2D,3D,7D,8D,9D,10D,11D,12D,23D,24D,25D,26D,27D,28D. The van der Waals surface area contributed by atoms with Crippen LogP contribution in [0.2, 0.25) is 0 Å². The Balaban J connectivity index is 1.13. The van der Waals surface area contributed by atoms with Gasteiger partial charge in [-0.25, -0.2) is 0 Å². The lowest BCUT2D eigenvalue weighted by molar-refractivity contribution is 1.17. The van der Waals surface area contributed by atoms with Gasteiger partial charge in [-0.3, -0.25) is 0 Å². The van der Waals surface area contributed by atoms with Crippen molar-refractivity contribution in [3.8, 4) is 44.8 Å². The van der Waals surface area contributed by atoms with Crippen molar-refractivity contribution >= 4 is 72.4 Å². The van der Waals surface area contributed by atoms with Crippen LogP contribution in [0.15, 0.2) is 279 Å². The minimum Gasteiger partial charge on any atom is -0.309 e. The molecule has 0 fully saturated rings. The largest absolute Gasteiger partial charge is 0.309 e. The van der Waals surface area contributed by atoms with Gasteiger partial charge in [0.05, 0.1) is 48.3 Å². The summed E-state index contributed by atoms with van der Waals surface area (Å²) in [5, 5.41) is 8.37. The highest BCUT2D eigenvalue weighted by atomic mass is 28.3. The highest BCUT2D eigenvalue weighted by molar-refractivity contribution is 7.20. The molecule has 0 aliphatic carbocycles. The first-order chi connectivity index (χ1) is 40.5. The van der Waals surface area contributed by atoms with Gasteiger partial charge in [-0.1, -0.05) is 230 Å². The quantitative estimate of drug-likeness (QED) is 0.101. The summed E-state index contributed by atoms with van der Waals surface area (Å²) in [5.74, 6) is 0. The van der Waals surface area contributed by atoms with E-state index in [1.165, 1.54) is 32.9 Å². The first-order valence-electron chi connectivity index (χ1n) is 30.1. The third-order valence-corrected chi connectivity index (χ3v) is 18.1. The Morgan fingerprint density at radius 2 is 0.696 bits per heavy atom. The molecular weight excluding hydrogens is 849 g/mol. The lowest BCUT2D eigenvalue weighted by atomic mass is 9.90. The molecule has 13 rings (SSSR count). The molecule has 11 aromatic carbocycles. The van der Waals surface area contributed by atoms with E-state index in [4.69, 9.17) is 15.1 Å². The molecule has 0 saturated heterocycles. The molecule has 3 heteroatoms. The van der Waals surface area contributed by atoms with E-state index in [1.807, 2.05) is 66.7 Å². The highest BCUT2D eigenvalue weighted by Gasteiger charge is 2.41. The van der Waals surface area contributed by atoms with Crippen LogP contribution in [0.3, 0.4) is 0 Å². The summed E-state index contributed by atoms with van der Waals surface area (Å²) in [4.78, 5) is 0. The molecule has 2 nitrogen and oxygen atoms in total. The normalized spacial score (nSPS) is 14.8. The zero-order chi connectivity index (χ0) is 58.8. The molecule has 0 aliphatic heterocycles. The number of para-hydroxylation sites is 2. The molecule has 13 aromatic rings. The van der Waals surface area contributed by atoms with E-state index in [-0.39, 0.29) is 39.1 Å². The van der Waals surface area contributed by atoms with Crippen molar-refractivity contribution in [3.63, 3.8) is 0 Å². The Morgan fingerprint density at radius 3 is 1.22 bits per heavy atom. The first kappa shape index (κ1) is 27.8. The summed E-state index contributed by atoms with van der Waals surface area (Å²) in [7, 11) is -2.96. The van der Waals surface area contributed by atoms with Crippen LogP contribution in [0, 0.1) is 0 Å². The highest BCUT2D eigenvalue weighted by Crippen LogP contribution is 2.44. The molecule has 0 spiro atoms. The van der Waals surface area contributed by atoms with E-state index in [0.29, 0.717) is 21.8 Å². The average molecular weight is 910 g/mol. The van der Waals surface area contributed by atoms with Gasteiger partial charge in [-0.05, 0) is 91.5 Å². The molecular formula is C66H46N2Si. The Bertz CT molecular complexity index is 4640. The topological polar surface area (TPSA) is 9.86 Å². The number of hydrogen-bond acceptors (Lipinski definition) is 0. The predicted octanol–water partition coefficient (Wildman–Crippen LogP) is 14.3. The van der Waals surface area contributed by atoms with Gasteiger partial charge in [-0.15, -0.1) is 0 Å². The molecule has 0 amide bonds. The third-order valence-electron chi connectivity index (χ3n) is 13.3. The molecule has 0 N–H and O–H groups in total. The lowest BCUT2D eigenvalue weighted by Gasteiger charge is -2.34. The van der Waals surface area contributed by atoms with Gasteiger partial charge in [0.1, 0.15) is 0 Å². The van der Waals surface area contributed by atoms with Crippen LogP contribution < -0.4 is 20.7 Å². The SMILES string of the molecule is [2H]c1c([2H])c([2H])c(-c2cc(-c3c([2H])c([2H])c([2H])c([2H])c3[2H])c(-n3c4ccccc4c4cc(-n5c6ccccc6c6cc([Si](c7ccccc7)(c7ccccc7)c7ccccc7)ccc65)ccc43)c(-c3c([2H])c([2H])c([2H])c([2H])c3[2H])c2)c([2H])c1[2H]. The minimum absolute atomic E-state index is 0.0365. The third kappa shape index (κ3) is 6.62. The summed E-state index contributed by atoms with van der Waals surface area (Å²) in [6.45, 7) is 0. The zero-order valence-corrected chi connectivity index (χ0v) is 37.8. The maximum Gasteiger partial charge on any atom is 0.179 e. The number of nitrogens with zero attached hydrogens (tertiary/aromatic N) is 2. The summed E-state index contributed by atoms with van der Waals surface area (Å²) < 4.78 is 139. The second kappa shape index (κ2) is 16.8. The smallest absolute Gasteiger partial charge is 0.179 e. The zero-order valence-electron chi connectivity index (χ0n) is 51.8. The Hall–Kier alpha value is -8.76. The summed E-state index contributed by atoms with van der Waals surface area (Å²) in [6.07, 6.45) is 0. The van der Waals surface area contributed by atoms with Gasteiger partial charge in [0, 0.05) is 38.4 Å². The van der Waals surface area contributed by atoms with Crippen molar-refractivity contribution in [2.24, 2.45) is 0 Å². The van der Waals surface area contributed by atoms with E-state index in [2.05, 4.69) is 114 Å². The van der Waals surface area contributed by atoms with E-state index in [9.17, 15) is 5.48 Å². The van der Waals surface area contributed by atoms with Gasteiger partial charge in [0.15, 0.2) is 8.07 Å². The van der Waals surface area contributed by atoms with Gasteiger partial charge in [-0.2, -0.15) is 0 Å². The van der Waals surface area contributed by atoms with E-state index >= 15 is 0 Å². The van der Waals surface area contributed by atoms with Gasteiger partial charge in [0.25, 0.3) is 0 Å². The molecule has 0 saturated carbocycles. The number of benzene rings is 11. The summed E-state index contributed by atoms with van der Waals surface area (Å²) in [5.41, 5.74) is 2.42. The molecule has 0 bridgehead atoms. The molecule has 324 valence electrons. The maximum absolute atomic E-state index is 9.45. The summed E-state index contributed by atoms with van der Waals surface area (Å²) in [6, 6.07) is 53.5. The molecule has 0 radical (unpaired) electrons. The van der Waals surface area contributed by atoms with Crippen molar-refractivity contribution in [1.82, 2.24) is 9.13 Å². The molecule has 2 aromatic heterocycles. The molecule has 0 aliphatic rings. The van der Waals surface area contributed by atoms with Crippen molar-refractivity contribution in [2.45, 2.75) is 0 Å². The van der Waals surface area contributed by atoms with E-state index < -0.39 is 98.7 Å². The fourth-order valence-corrected chi connectivity index (χ4v) is 15.2. The Labute approximate surface area is 424 Å². The van der Waals surface area contributed by atoms with Crippen molar-refractivity contribution in [2.75, 3.05) is 0 Å². The fourth-order valence-electron chi connectivity index (χ4n) is 10.5. The minimum atomic E-state index is -2.96. The number of rotatable bonds is 9. The Kier molecular flexibility index (Phi) is 6.78. The van der Waals surface area contributed by atoms with Crippen molar-refractivity contribution in [3.05, 3.63) is 279 Å². The van der Waals surface area contributed by atoms with Crippen LogP contribution in [-0.4, -0.2) is 17.2 Å². The van der Waals surface area contributed by atoms with Crippen LogP contribution in [0.4, 0.5) is 0 Å². The van der Waals surface area contributed by atoms with Crippen LogP contribution in [0.25, 0.3) is 88.4 Å². The van der Waals surface area contributed by atoms with Gasteiger partial charge in [0.2, 0.25) is 0 Å². The fraction of sp³-hybridized carbons (Fsp3) is 0. The van der Waals surface area contributed by atoms with E-state index in [0.717, 1.165) is 27.5 Å². The second-order valence-electron chi connectivity index (χ2n) is 16.9. The second-order valence-corrected chi connectivity index (χ2v) is 20.7. The number of fused-ring (bicyclic) bond motifs is 6. The maximum atomic E-state index is 9.45. The van der Waals surface area contributed by atoms with Crippen LogP contribution in [0.1, 0.15) is 20.6 Å². The van der Waals surface area contributed by atoms with Crippen molar-refractivity contribution in [1.29, 1.82) is 0 Å². The first-order valence-corrected chi connectivity index (χ1v) is 24.6. The van der Waals surface area contributed by atoms with Gasteiger partial charge < -0.3 is 9.13 Å². The van der Waals surface area contributed by atoms with Crippen LogP contribution in [0.5, 0.6) is 0 Å². The van der Waals surface area contributed by atoms with Crippen LogP contribution in [-0.2, 0) is 0 Å². The molecule has 0 atom stereocenters. The van der Waals surface area contributed by atoms with Crippen molar-refractivity contribution < 1.29 is 20.6 Å². The van der Waals surface area contributed by atoms with E-state index in [1.54, 1.807) is 4.57 Å². The summed E-state index contributed by atoms with van der Waals surface area (Å²) >= 11 is 0.